The van der Waals surface area contributed by atoms with E-state index in [0.717, 1.165) is 6.20 Å². The molecule has 0 radical (unpaired) electrons. The average Bonchev–Trinajstić information content (AvgIpc) is 3.43. The Labute approximate surface area is 169 Å². The summed E-state index contributed by atoms with van der Waals surface area (Å²) in [6, 6.07) is -0.366. The number of carbonyl (C=O) groups excluding carboxylic acids is 2. The van der Waals surface area contributed by atoms with Gasteiger partial charge in [-0.25, -0.2) is 14.4 Å². The molecule has 0 saturated carbocycles. The number of hydrogen-bond acceptors (Lipinski definition) is 7. The molecule has 8 nitrogen and oxygen atoms in total. The van der Waals surface area contributed by atoms with Gasteiger partial charge in [0.1, 0.15) is 23.2 Å². The fourth-order valence-corrected chi connectivity index (χ4v) is 3.57. The van der Waals surface area contributed by atoms with Crippen molar-refractivity contribution in [2.75, 3.05) is 0 Å². The Morgan fingerprint density at radius 1 is 1.03 bits per heavy atom. The lowest BCUT2D eigenvalue weighted by molar-refractivity contribution is -0.154. The molecule has 2 aliphatic carbocycles. The molecule has 2 unspecified atom stereocenters. The lowest BCUT2D eigenvalue weighted by Gasteiger charge is -2.15. The van der Waals surface area contributed by atoms with Crippen molar-refractivity contribution >= 4 is 23.0 Å². The van der Waals surface area contributed by atoms with Crippen molar-refractivity contribution < 1.29 is 33.0 Å². The summed E-state index contributed by atoms with van der Waals surface area (Å²) in [5.41, 5.74) is -0.162. The molecule has 4 atom stereocenters. The molecule has 30 heavy (non-hydrogen) atoms. The third kappa shape index (κ3) is 4.23. The first-order valence-electron chi connectivity index (χ1n) is 9.51. The van der Waals surface area contributed by atoms with Crippen LogP contribution in [0.4, 0.5) is 8.78 Å². The van der Waals surface area contributed by atoms with Gasteiger partial charge in [-0.2, -0.15) is 4.39 Å². The van der Waals surface area contributed by atoms with E-state index < -0.39 is 42.0 Å². The summed E-state index contributed by atoms with van der Waals surface area (Å²) in [6.07, 6.45) is 7.36. The number of aliphatic hydroxyl groups is 1. The second kappa shape index (κ2) is 8.31. The van der Waals surface area contributed by atoms with E-state index in [-0.39, 0.29) is 29.9 Å². The number of pyridine rings is 1. The van der Waals surface area contributed by atoms with Crippen molar-refractivity contribution in [1.82, 2.24) is 14.5 Å². The van der Waals surface area contributed by atoms with Crippen LogP contribution in [0.25, 0.3) is 11.0 Å². The number of esters is 2. The highest BCUT2D eigenvalue weighted by molar-refractivity contribution is 5.78. The molecule has 10 heteroatoms. The van der Waals surface area contributed by atoms with Gasteiger partial charge < -0.3 is 19.1 Å². The van der Waals surface area contributed by atoms with Crippen LogP contribution in [0.3, 0.4) is 0 Å². The van der Waals surface area contributed by atoms with Gasteiger partial charge in [-0.05, 0) is 12.2 Å². The zero-order chi connectivity index (χ0) is 21.3. The van der Waals surface area contributed by atoms with E-state index in [1.54, 1.807) is 24.3 Å². The Bertz CT molecular complexity index is 1030. The molecule has 158 valence electrons. The molecule has 0 bridgehead atoms. The van der Waals surface area contributed by atoms with Crippen LogP contribution in [0, 0.1) is 11.8 Å². The molecular weight excluding hydrogens is 400 g/mol. The number of hydrogen-bond donors (Lipinski definition) is 1. The van der Waals surface area contributed by atoms with E-state index in [1.165, 1.54) is 10.9 Å². The maximum Gasteiger partial charge on any atom is 0.306 e. The van der Waals surface area contributed by atoms with E-state index in [4.69, 9.17) is 9.47 Å². The van der Waals surface area contributed by atoms with Crippen molar-refractivity contribution in [2.45, 2.75) is 50.0 Å². The highest BCUT2D eigenvalue weighted by Gasteiger charge is 2.27. The lowest BCUT2D eigenvalue weighted by atomic mass is 10.2. The number of carbonyl (C=O) groups is 2. The predicted octanol–water partition coefficient (Wildman–Crippen LogP) is 2.14. The number of aliphatic hydroxyl groups excluding tert-OH is 1. The Balaban J connectivity index is 1.28. The van der Waals surface area contributed by atoms with Gasteiger partial charge >= 0.3 is 11.9 Å². The van der Waals surface area contributed by atoms with Crippen LogP contribution in [-0.2, 0) is 19.1 Å². The highest BCUT2D eigenvalue weighted by atomic mass is 19.1. The fraction of sp³-hybridized carbons (Fsp3) is 0.400. The zero-order valence-electron chi connectivity index (χ0n) is 15.8. The molecule has 0 saturated heterocycles. The summed E-state index contributed by atoms with van der Waals surface area (Å²) in [4.78, 5) is 31.0. The van der Waals surface area contributed by atoms with Crippen LogP contribution in [0.1, 0.15) is 31.7 Å². The minimum Gasteiger partial charge on any atom is -0.458 e. The number of rotatable bonds is 6. The maximum atomic E-state index is 14.1. The smallest absolute Gasteiger partial charge is 0.306 e. The van der Waals surface area contributed by atoms with Crippen LogP contribution in [0.15, 0.2) is 36.8 Å². The molecule has 2 aliphatic rings. The number of allylic oxidation sites excluding steroid dienone is 1. The second-order valence-electron chi connectivity index (χ2n) is 7.18. The maximum absolute atomic E-state index is 14.1. The van der Waals surface area contributed by atoms with Crippen molar-refractivity contribution in [1.29, 1.82) is 0 Å². The SMILES string of the molecule is O=C(CCC(=O)O[C@H]1C=C[C@H](n2cnc3c(F)ncc(F)c32)C1)OC1C=CC(O)C1. The average molecular weight is 419 g/mol. The monoisotopic (exact) mass is 419 g/mol. The molecule has 0 amide bonds. The minimum absolute atomic E-state index is 0.00190. The molecule has 1 N–H and O–H groups in total. The summed E-state index contributed by atoms with van der Waals surface area (Å²) in [7, 11) is 0. The Kier molecular flexibility index (Phi) is 5.58. The van der Waals surface area contributed by atoms with Gasteiger partial charge in [0, 0.05) is 12.8 Å². The molecule has 4 rings (SSSR count). The first-order chi connectivity index (χ1) is 14.4. The van der Waals surface area contributed by atoms with E-state index >= 15 is 0 Å². The number of fused-ring (bicyclic) bond motifs is 1. The quantitative estimate of drug-likeness (QED) is 0.435. The third-order valence-electron chi connectivity index (χ3n) is 5.01. The molecule has 0 spiro atoms. The molecule has 2 heterocycles. The molecule has 2 aromatic heterocycles. The Morgan fingerprint density at radius 3 is 2.37 bits per heavy atom. The first-order valence-corrected chi connectivity index (χ1v) is 9.51. The Hall–Kier alpha value is -3.14. The van der Waals surface area contributed by atoms with Gasteiger partial charge in [-0.15, -0.1) is 0 Å². The van der Waals surface area contributed by atoms with Gasteiger partial charge in [-0.3, -0.25) is 9.59 Å². The standard InChI is InChI=1S/C20H19F2N3O5/c21-15-9-23-20(22)18-19(15)25(10-24-18)11-1-3-13(7-11)29-16(27)5-6-17(28)30-14-4-2-12(26)8-14/h1-4,9-14,26H,5-8H2/t11-,12?,13-,14?/m0/s1. The number of imidazole rings is 1. The summed E-state index contributed by atoms with van der Waals surface area (Å²) in [6.45, 7) is 0. The lowest BCUT2D eigenvalue weighted by Crippen LogP contribution is -2.20. The highest BCUT2D eigenvalue weighted by Crippen LogP contribution is 2.30. The topological polar surface area (TPSA) is 104 Å². The molecular formula is C20H19F2N3O5. The van der Waals surface area contributed by atoms with Crippen molar-refractivity contribution in [3.05, 3.63) is 48.6 Å². The summed E-state index contributed by atoms with van der Waals surface area (Å²) < 4.78 is 39.8. The van der Waals surface area contributed by atoms with Crippen LogP contribution >= 0.6 is 0 Å². The Morgan fingerprint density at radius 2 is 1.70 bits per heavy atom. The van der Waals surface area contributed by atoms with Crippen LogP contribution in [0.5, 0.6) is 0 Å². The summed E-state index contributed by atoms with van der Waals surface area (Å²) in [5, 5.41) is 9.36. The van der Waals surface area contributed by atoms with Gasteiger partial charge in [0.25, 0.3) is 0 Å². The molecule has 0 aliphatic heterocycles. The number of nitrogens with zero attached hydrogens (tertiary/aromatic N) is 3. The minimum atomic E-state index is -0.857. The van der Waals surface area contributed by atoms with Gasteiger partial charge in [-0.1, -0.05) is 12.2 Å². The van der Waals surface area contributed by atoms with Crippen molar-refractivity contribution in [3.63, 3.8) is 0 Å². The largest absolute Gasteiger partial charge is 0.458 e. The first kappa shape index (κ1) is 20.1. The van der Waals surface area contributed by atoms with Gasteiger partial charge in [0.2, 0.25) is 5.95 Å². The fourth-order valence-electron chi connectivity index (χ4n) is 3.57. The third-order valence-corrected chi connectivity index (χ3v) is 5.01. The second-order valence-corrected chi connectivity index (χ2v) is 7.18. The van der Waals surface area contributed by atoms with Gasteiger partial charge in [0.05, 0.1) is 37.5 Å². The predicted molar refractivity (Wildman–Crippen MR) is 99.0 cm³/mol. The molecule has 0 fully saturated rings. The number of ether oxygens (including phenoxy) is 2. The summed E-state index contributed by atoms with van der Waals surface area (Å²) in [5.74, 6) is -2.67. The van der Waals surface area contributed by atoms with E-state index in [9.17, 15) is 23.5 Å². The zero-order valence-corrected chi connectivity index (χ0v) is 15.8. The van der Waals surface area contributed by atoms with E-state index in [0.29, 0.717) is 12.8 Å². The number of aromatic nitrogens is 3. The van der Waals surface area contributed by atoms with Crippen LogP contribution < -0.4 is 0 Å². The summed E-state index contributed by atoms with van der Waals surface area (Å²) >= 11 is 0. The van der Waals surface area contributed by atoms with Crippen molar-refractivity contribution in [2.24, 2.45) is 0 Å². The van der Waals surface area contributed by atoms with Crippen LogP contribution in [0.2, 0.25) is 0 Å². The van der Waals surface area contributed by atoms with E-state index in [1.807, 2.05) is 0 Å². The normalized spacial score (nSPS) is 25.2. The molecule has 2 aromatic rings. The number of halogens is 2. The molecule has 0 aromatic carbocycles. The van der Waals surface area contributed by atoms with Crippen molar-refractivity contribution in [3.8, 4) is 0 Å². The van der Waals surface area contributed by atoms with Crippen LogP contribution in [-0.4, -0.2) is 49.9 Å². The van der Waals surface area contributed by atoms with E-state index in [2.05, 4.69) is 9.97 Å². The van der Waals surface area contributed by atoms with Gasteiger partial charge in [0.15, 0.2) is 5.82 Å².